The van der Waals surface area contributed by atoms with Crippen LogP contribution >= 0.6 is 15.9 Å². The normalized spacial score (nSPS) is 15.3. The van der Waals surface area contributed by atoms with E-state index in [1.165, 1.54) is 23.9 Å². The highest BCUT2D eigenvalue weighted by Gasteiger charge is 2.20. The minimum absolute atomic E-state index is 0.0728. The summed E-state index contributed by atoms with van der Waals surface area (Å²) in [5.74, 6) is 0.894. The predicted molar refractivity (Wildman–Crippen MR) is 72.4 cm³/mol. The molecule has 0 atom stereocenters. The van der Waals surface area contributed by atoms with E-state index in [1.54, 1.807) is 6.20 Å². The van der Waals surface area contributed by atoms with E-state index in [0.717, 1.165) is 18.2 Å². The first-order valence-corrected chi connectivity index (χ1v) is 6.90. The number of hydrogen-bond donors (Lipinski definition) is 1. The number of nitrogens with zero attached hydrogens (tertiary/aromatic N) is 2. The van der Waals surface area contributed by atoms with Crippen molar-refractivity contribution in [2.24, 2.45) is 5.92 Å². The van der Waals surface area contributed by atoms with E-state index in [4.69, 9.17) is 0 Å². The van der Waals surface area contributed by atoms with E-state index in [0.29, 0.717) is 4.47 Å². The lowest BCUT2D eigenvalue weighted by atomic mass is 10.3. The molecule has 0 aromatic carbocycles. The van der Waals surface area contributed by atoms with E-state index in [1.807, 2.05) is 13.8 Å². The second-order valence-corrected chi connectivity index (χ2v) is 5.67. The molecule has 94 valence electrons. The number of aromatic nitrogens is 2. The van der Waals surface area contributed by atoms with Gasteiger partial charge in [0.05, 0.1) is 17.9 Å². The maximum atomic E-state index is 12.0. The van der Waals surface area contributed by atoms with E-state index >= 15 is 0 Å². The van der Waals surface area contributed by atoms with Crippen LogP contribution in [0.2, 0.25) is 0 Å². The summed E-state index contributed by atoms with van der Waals surface area (Å²) in [5.41, 5.74) is 0.726. The standard InChI is InChI=1S/C12H18BrN3O/c1-8(2)16-12(17)11(13)10(7-15-16)14-6-5-9-3-4-9/h7-9,14H,3-6H2,1-2H3. The molecule has 0 spiro atoms. The molecular formula is C12H18BrN3O. The quantitative estimate of drug-likeness (QED) is 0.909. The Hall–Kier alpha value is -0.840. The minimum Gasteiger partial charge on any atom is -0.383 e. The van der Waals surface area contributed by atoms with Gasteiger partial charge < -0.3 is 5.32 Å². The summed E-state index contributed by atoms with van der Waals surface area (Å²) in [7, 11) is 0. The molecule has 1 aromatic rings. The lowest BCUT2D eigenvalue weighted by molar-refractivity contribution is 0.501. The van der Waals surface area contributed by atoms with Crippen LogP contribution in [-0.2, 0) is 0 Å². The largest absolute Gasteiger partial charge is 0.383 e. The molecule has 1 aromatic heterocycles. The highest BCUT2D eigenvalue weighted by molar-refractivity contribution is 9.10. The third-order valence-electron chi connectivity index (χ3n) is 3.00. The van der Waals surface area contributed by atoms with E-state index in [9.17, 15) is 4.79 Å². The fourth-order valence-corrected chi connectivity index (χ4v) is 2.18. The summed E-state index contributed by atoms with van der Waals surface area (Å²) in [6.45, 7) is 4.80. The van der Waals surface area contributed by atoms with Gasteiger partial charge in [-0.15, -0.1) is 0 Å². The van der Waals surface area contributed by atoms with Crippen molar-refractivity contribution in [2.75, 3.05) is 11.9 Å². The number of hydrogen-bond acceptors (Lipinski definition) is 3. The van der Waals surface area contributed by atoms with Crippen molar-refractivity contribution in [2.45, 2.75) is 39.2 Å². The van der Waals surface area contributed by atoms with Crippen LogP contribution in [-0.4, -0.2) is 16.3 Å². The van der Waals surface area contributed by atoms with Gasteiger partial charge in [-0.25, -0.2) is 4.68 Å². The molecule has 1 saturated carbocycles. The first-order chi connectivity index (χ1) is 8.09. The Morgan fingerprint density at radius 3 is 2.88 bits per heavy atom. The van der Waals surface area contributed by atoms with Crippen LogP contribution in [0.5, 0.6) is 0 Å². The Labute approximate surface area is 110 Å². The Morgan fingerprint density at radius 1 is 1.59 bits per heavy atom. The average molecular weight is 300 g/mol. The summed E-state index contributed by atoms with van der Waals surface area (Å²) < 4.78 is 2.06. The van der Waals surface area contributed by atoms with Gasteiger partial charge in [0.2, 0.25) is 0 Å². The second-order valence-electron chi connectivity index (χ2n) is 4.87. The molecule has 0 amide bonds. The molecule has 0 unspecified atom stereocenters. The van der Waals surface area contributed by atoms with Gasteiger partial charge in [0.25, 0.3) is 5.56 Å². The minimum atomic E-state index is -0.0728. The molecule has 0 saturated heterocycles. The van der Waals surface area contributed by atoms with Crippen LogP contribution in [0.3, 0.4) is 0 Å². The molecule has 1 aliphatic carbocycles. The topological polar surface area (TPSA) is 46.9 Å². The van der Waals surface area contributed by atoms with Crippen molar-refractivity contribution < 1.29 is 0 Å². The van der Waals surface area contributed by atoms with Crippen LogP contribution in [0.15, 0.2) is 15.5 Å². The molecule has 5 heteroatoms. The smallest absolute Gasteiger partial charge is 0.283 e. The summed E-state index contributed by atoms with van der Waals surface area (Å²) >= 11 is 3.35. The van der Waals surface area contributed by atoms with Gasteiger partial charge >= 0.3 is 0 Å². The molecule has 0 aliphatic heterocycles. The molecular weight excluding hydrogens is 282 g/mol. The molecule has 0 radical (unpaired) electrons. The zero-order valence-electron chi connectivity index (χ0n) is 10.2. The maximum absolute atomic E-state index is 12.0. The van der Waals surface area contributed by atoms with Crippen LogP contribution in [0.4, 0.5) is 5.69 Å². The molecule has 1 N–H and O–H groups in total. The van der Waals surface area contributed by atoms with Crippen molar-refractivity contribution in [1.29, 1.82) is 0 Å². The summed E-state index contributed by atoms with van der Waals surface area (Å²) in [6, 6.07) is 0.0827. The molecule has 1 fully saturated rings. The number of anilines is 1. The fourth-order valence-electron chi connectivity index (χ4n) is 1.75. The third kappa shape index (κ3) is 3.09. The van der Waals surface area contributed by atoms with Gasteiger partial charge in [0, 0.05) is 6.54 Å². The van der Waals surface area contributed by atoms with Crippen molar-refractivity contribution in [1.82, 2.24) is 9.78 Å². The first-order valence-electron chi connectivity index (χ1n) is 6.10. The Kier molecular flexibility index (Phi) is 3.86. The van der Waals surface area contributed by atoms with Crippen molar-refractivity contribution >= 4 is 21.6 Å². The number of rotatable bonds is 5. The molecule has 1 heterocycles. The summed E-state index contributed by atoms with van der Waals surface area (Å²) in [4.78, 5) is 12.0. The highest BCUT2D eigenvalue weighted by Crippen LogP contribution is 2.32. The summed E-state index contributed by atoms with van der Waals surface area (Å²) in [6.07, 6.45) is 5.62. The molecule has 4 nitrogen and oxygen atoms in total. The average Bonchev–Trinajstić information content (AvgIpc) is 3.08. The van der Waals surface area contributed by atoms with Gasteiger partial charge in [-0.2, -0.15) is 5.10 Å². The second kappa shape index (κ2) is 5.21. The van der Waals surface area contributed by atoms with Crippen molar-refractivity contribution in [3.05, 3.63) is 21.0 Å². The number of nitrogens with one attached hydrogen (secondary N) is 1. The molecule has 0 bridgehead atoms. The van der Waals surface area contributed by atoms with Gasteiger partial charge in [-0.3, -0.25) is 4.79 Å². The summed E-state index contributed by atoms with van der Waals surface area (Å²) in [5, 5.41) is 7.43. The number of halogens is 1. The van der Waals surface area contributed by atoms with Gasteiger partial charge in [-0.1, -0.05) is 12.8 Å². The third-order valence-corrected chi connectivity index (χ3v) is 3.76. The van der Waals surface area contributed by atoms with E-state index in [-0.39, 0.29) is 11.6 Å². The van der Waals surface area contributed by atoms with E-state index in [2.05, 4.69) is 26.3 Å². The first kappa shape index (κ1) is 12.6. The highest BCUT2D eigenvalue weighted by atomic mass is 79.9. The Bertz CT molecular complexity index is 452. The van der Waals surface area contributed by atoms with Gasteiger partial charge in [-0.05, 0) is 42.1 Å². The van der Waals surface area contributed by atoms with Crippen molar-refractivity contribution in [3.8, 4) is 0 Å². The fraction of sp³-hybridized carbons (Fsp3) is 0.667. The lowest BCUT2D eigenvalue weighted by Gasteiger charge is -2.12. The van der Waals surface area contributed by atoms with Gasteiger partial charge in [0.15, 0.2) is 0 Å². The Balaban J connectivity index is 2.06. The van der Waals surface area contributed by atoms with Crippen LogP contribution in [0, 0.1) is 5.92 Å². The SMILES string of the molecule is CC(C)n1ncc(NCCC2CC2)c(Br)c1=O. The van der Waals surface area contributed by atoms with Crippen LogP contribution in [0.1, 0.15) is 39.2 Å². The van der Waals surface area contributed by atoms with Crippen LogP contribution < -0.4 is 10.9 Å². The zero-order valence-corrected chi connectivity index (χ0v) is 11.8. The van der Waals surface area contributed by atoms with E-state index < -0.39 is 0 Å². The van der Waals surface area contributed by atoms with Crippen LogP contribution in [0.25, 0.3) is 0 Å². The lowest BCUT2D eigenvalue weighted by Crippen LogP contribution is -2.26. The monoisotopic (exact) mass is 299 g/mol. The maximum Gasteiger partial charge on any atom is 0.283 e. The van der Waals surface area contributed by atoms with Gasteiger partial charge in [0.1, 0.15) is 4.47 Å². The molecule has 17 heavy (non-hydrogen) atoms. The molecule has 2 rings (SSSR count). The Morgan fingerprint density at radius 2 is 2.29 bits per heavy atom. The molecule has 1 aliphatic rings. The van der Waals surface area contributed by atoms with Crippen molar-refractivity contribution in [3.63, 3.8) is 0 Å². The predicted octanol–water partition coefficient (Wildman–Crippen LogP) is 2.80. The zero-order chi connectivity index (χ0) is 12.4.